The van der Waals surface area contributed by atoms with Gasteiger partial charge in [0.1, 0.15) is 19.3 Å². The largest absolute Gasteiger partial charge is 0.472 e. The van der Waals surface area contributed by atoms with Crippen LogP contribution >= 0.6 is 15.6 Å². The van der Waals surface area contributed by atoms with Crippen LogP contribution in [0.15, 0.2) is 0 Å². The second-order valence-corrected chi connectivity index (χ2v) is 32.6. The highest BCUT2D eigenvalue weighted by Gasteiger charge is 2.30. The molecule has 582 valence electrons. The van der Waals surface area contributed by atoms with Crippen LogP contribution in [0.4, 0.5) is 0 Å². The van der Waals surface area contributed by atoms with E-state index >= 15 is 0 Å². The lowest BCUT2D eigenvalue weighted by atomic mass is 9.99. The maximum atomic E-state index is 13.1. The van der Waals surface area contributed by atoms with E-state index in [1.807, 2.05) is 0 Å². The molecule has 3 unspecified atom stereocenters. The number of hydrogen-bond acceptors (Lipinski definition) is 15. The minimum atomic E-state index is -4.96. The van der Waals surface area contributed by atoms with Crippen LogP contribution in [0.1, 0.15) is 408 Å². The topological polar surface area (TPSA) is 237 Å². The van der Waals surface area contributed by atoms with Crippen LogP contribution in [0.25, 0.3) is 0 Å². The Bertz CT molecular complexity index is 1910. The molecule has 0 aromatic carbocycles. The number of carbonyl (C=O) groups is 4. The zero-order chi connectivity index (χ0) is 72.3. The molecule has 0 saturated carbocycles. The summed E-state index contributed by atoms with van der Waals surface area (Å²) in [5.74, 6) is 0.224. The van der Waals surface area contributed by atoms with Crippen molar-refractivity contribution in [2.45, 2.75) is 426 Å². The monoisotopic (exact) mass is 1440 g/mol. The molecule has 0 rings (SSSR count). The molecular formula is C79H154O17P2. The van der Waals surface area contributed by atoms with Gasteiger partial charge in [0.2, 0.25) is 0 Å². The minimum Gasteiger partial charge on any atom is -0.462 e. The molecule has 19 heteroatoms. The van der Waals surface area contributed by atoms with Gasteiger partial charge in [-0.2, -0.15) is 0 Å². The smallest absolute Gasteiger partial charge is 0.462 e. The highest BCUT2D eigenvalue weighted by atomic mass is 31.2. The summed E-state index contributed by atoms with van der Waals surface area (Å²) in [4.78, 5) is 73.0. The first-order chi connectivity index (χ1) is 47.3. The maximum absolute atomic E-state index is 13.1. The fourth-order valence-electron chi connectivity index (χ4n) is 12.1. The van der Waals surface area contributed by atoms with E-state index < -0.39 is 97.5 Å². The van der Waals surface area contributed by atoms with Gasteiger partial charge < -0.3 is 33.8 Å². The molecule has 0 aliphatic heterocycles. The zero-order valence-electron chi connectivity index (χ0n) is 64.3. The van der Waals surface area contributed by atoms with E-state index in [9.17, 15) is 43.2 Å². The van der Waals surface area contributed by atoms with Crippen LogP contribution in [0.2, 0.25) is 0 Å². The molecule has 0 radical (unpaired) electrons. The number of esters is 4. The number of phosphoric acid groups is 2. The van der Waals surface area contributed by atoms with Crippen molar-refractivity contribution in [2.24, 2.45) is 17.8 Å². The lowest BCUT2D eigenvalue weighted by Gasteiger charge is -2.21. The van der Waals surface area contributed by atoms with Crippen molar-refractivity contribution >= 4 is 39.5 Å². The first-order valence-corrected chi connectivity index (χ1v) is 43.9. The van der Waals surface area contributed by atoms with Gasteiger partial charge in [0.05, 0.1) is 26.4 Å². The van der Waals surface area contributed by atoms with E-state index in [4.69, 9.17) is 37.0 Å². The predicted molar refractivity (Wildman–Crippen MR) is 400 cm³/mol. The zero-order valence-corrected chi connectivity index (χ0v) is 66.0. The summed E-state index contributed by atoms with van der Waals surface area (Å²) in [5, 5.41) is 10.6. The average molecular weight is 1440 g/mol. The third-order valence-electron chi connectivity index (χ3n) is 18.7. The Labute approximate surface area is 600 Å². The van der Waals surface area contributed by atoms with Crippen molar-refractivity contribution < 1.29 is 80.2 Å². The van der Waals surface area contributed by atoms with Crippen LogP contribution in [0.5, 0.6) is 0 Å². The van der Waals surface area contributed by atoms with Crippen LogP contribution in [-0.4, -0.2) is 96.7 Å². The van der Waals surface area contributed by atoms with Crippen molar-refractivity contribution in [3.8, 4) is 0 Å². The quantitative estimate of drug-likeness (QED) is 0.0222. The lowest BCUT2D eigenvalue weighted by Crippen LogP contribution is -2.30. The lowest BCUT2D eigenvalue weighted by molar-refractivity contribution is -0.161. The maximum Gasteiger partial charge on any atom is 0.472 e. The molecule has 0 aliphatic rings. The fourth-order valence-corrected chi connectivity index (χ4v) is 13.7. The van der Waals surface area contributed by atoms with Crippen LogP contribution < -0.4 is 0 Å². The normalized spacial score (nSPS) is 14.3. The summed E-state index contributed by atoms with van der Waals surface area (Å²) in [5.41, 5.74) is 0. The average Bonchev–Trinajstić information content (AvgIpc) is 0.974. The molecule has 0 heterocycles. The second kappa shape index (κ2) is 69.4. The van der Waals surface area contributed by atoms with E-state index in [0.29, 0.717) is 25.7 Å². The van der Waals surface area contributed by atoms with Crippen LogP contribution in [0.3, 0.4) is 0 Å². The van der Waals surface area contributed by atoms with E-state index in [1.54, 1.807) is 0 Å². The molecule has 0 spiro atoms. The van der Waals surface area contributed by atoms with Crippen LogP contribution in [-0.2, 0) is 65.4 Å². The molecule has 0 aromatic rings. The minimum absolute atomic E-state index is 0.106. The van der Waals surface area contributed by atoms with E-state index in [1.165, 1.54) is 218 Å². The van der Waals surface area contributed by atoms with Gasteiger partial charge in [0.25, 0.3) is 0 Å². The molecule has 98 heavy (non-hydrogen) atoms. The number of carbonyl (C=O) groups excluding carboxylic acids is 4. The molecule has 0 aliphatic carbocycles. The number of hydrogen-bond donors (Lipinski definition) is 3. The van der Waals surface area contributed by atoms with E-state index in [0.717, 1.165) is 108 Å². The van der Waals surface area contributed by atoms with Gasteiger partial charge in [0, 0.05) is 25.7 Å². The van der Waals surface area contributed by atoms with E-state index in [-0.39, 0.29) is 25.7 Å². The molecule has 6 atom stereocenters. The highest BCUT2D eigenvalue weighted by Crippen LogP contribution is 2.45. The summed E-state index contributed by atoms with van der Waals surface area (Å²) in [6, 6.07) is 0. The third kappa shape index (κ3) is 71.1. The molecule has 3 N–H and O–H groups in total. The first kappa shape index (κ1) is 96.1. The van der Waals surface area contributed by atoms with Gasteiger partial charge in [0.15, 0.2) is 12.2 Å². The Balaban J connectivity index is 5.28. The predicted octanol–water partition coefficient (Wildman–Crippen LogP) is 23.4. The highest BCUT2D eigenvalue weighted by molar-refractivity contribution is 7.47. The number of aliphatic hydroxyl groups is 1. The van der Waals surface area contributed by atoms with Gasteiger partial charge in [-0.15, -0.1) is 0 Å². The number of unbranched alkanes of at least 4 members (excludes halogenated alkanes) is 44. The number of rotatable bonds is 77. The first-order valence-electron chi connectivity index (χ1n) is 40.9. The number of aliphatic hydroxyl groups excluding tert-OH is 1. The summed E-state index contributed by atoms with van der Waals surface area (Å²) in [6.07, 6.45) is 56.7. The number of ether oxygens (including phenoxy) is 4. The van der Waals surface area contributed by atoms with Gasteiger partial charge >= 0.3 is 39.5 Å². The summed E-state index contributed by atoms with van der Waals surface area (Å²) in [6.45, 7) is 12.0. The molecule has 17 nitrogen and oxygen atoms in total. The fraction of sp³-hybridized carbons (Fsp3) is 0.949. The van der Waals surface area contributed by atoms with E-state index in [2.05, 4.69) is 48.5 Å². The van der Waals surface area contributed by atoms with Crippen molar-refractivity contribution in [1.82, 2.24) is 0 Å². The summed E-state index contributed by atoms with van der Waals surface area (Å²) < 4.78 is 68.7. The SMILES string of the molecule is CCCCCCCCCCCCCCCCCCC(=O)O[C@H](COC(=O)CCCCCCCCCCCCCCC(C)C)COP(=O)(O)OC[C@@H](O)COP(=O)(O)OC[C@@H](COC(=O)CCCCCCCCCCC(C)CC)OC(=O)CCCCCCCCCCCCCCC(C)C. The van der Waals surface area contributed by atoms with Gasteiger partial charge in [-0.05, 0) is 43.4 Å². The Kier molecular flexibility index (Phi) is 68.1. The van der Waals surface area contributed by atoms with Crippen molar-refractivity contribution in [1.29, 1.82) is 0 Å². The number of phosphoric ester groups is 2. The Morgan fingerprint density at radius 1 is 0.296 bits per heavy atom. The van der Waals surface area contributed by atoms with Crippen molar-refractivity contribution in [3.05, 3.63) is 0 Å². The molecule has 0 saturated heterocycles. The third-order valence-corrected chi connectivity index (χ3v) is 20.6. The van der Waals surface area contributed by atoms with Crippen molar-refractivity contribution in [2.75, 3.05) is 39.6 Å². The van der Waals surface area contributed by atoms with Gasteiger partial charge in [-0.1, -0.05) is 357 Å². The molecule has 0 amide bonds. The second-order valence-electron chi connectivity index (χ2n) is 29.6. The Morgan fingerprint density at radius 2 is 0.520 bits per heavy atom. The van der Waals surface area contributed by atoms with Crippen LogP contribution in [0, 0.1) is 17.8 Å². The molecule has 0 bridgehead atoms. The Morgan fingerprint density at radius 3 is 0.776 bits per heavy atom. The van der Waals surface area contributed by atoms with Gasteiger partial charge in [-0.25, -0.2) is 9.13 Å². The summed E-state index contributed by atoms with van der Waals surface area (Å²) >= 11 is 0. The molecular weight excluding hydrogens is 1280 g/mol. The molecule has 0 fully saturated rings. The standard InChI is InChI=1S/C79H154O17P2/c1-8-10-11-12-13-14-15-16-17-18-19-27-32-41-48-55-62-78(83)95-74(66-89-76(81)60-53-46-39-31-26-22-20-24-29-36-43-50-57-70(3)4)68-93-97(85,86)91-64-73(80)65-92-98(87,88)94-69-75(67-90-77(82)61-54-47-40-35-34-38-45-52-59-72(7)9-2)96-79(84)63-56-49-42-33-28-23-21-25-30-37-44-51-58-71(5)6/h70-75,80H,8-69H2,1-7H3,(H,85,86)(H,87,88)/t72?,73-,74-,75-/m1/s1. The molecule has 0 aromatic heterocycles. The Hall–Kier alpha value is -1.94. The summed E-state index contributed by atoms with van der Waals surface area (Å²) in [7, 11) is -9.92. The van der Waals surface area contributed by atoms with Gasteiger partial charge in [-0.3, -0.25) is 37.3 Å². The van der Waals surface area contributed by atoms with Crippen molar-refractivity contribution in [3.63, 3.8) is 0 Å².